The number of hydrogen-bond acceptors (Lipinski definition) is 3. The lowest BCUT2D eigenvalue weighted by Gasteiger charge is -2.36. The van der Waals surface area contributed by atoms with E-state index >= 15 is 0 Å². The van der Waals surface area contributed by atoms with Gasteiger partial charge in [0.05, 0.1) is 0 Å². The monoisotopic (exact) mass is 354 g/mol. The van der Waals surface area contributed by atoms with E-state index in [1.54, 1.807) is 13.0 Å². The van der Waals surface area contributed by atoms with E-state index in [1.165, 1.54) is 0 Å². The Morgan fingerprint density at radius 2 is 2.14 bits per heavy atom. The number of nitrogens with one attached hydrogen (secondary N) is 1. The van der Waals surface area contributed by atoms with Gasteiger partial charge in [0.25, 0.3) is 0 Å². The molecule has 1 aromatic carbocycles. The van der Waals surface area contributed by atoms with Gasteiger partial charge < -0.3 is 10.4 Å². The molecule has 4 nitrogen and oxygen atoms in total. The van der Waals surface area contributed by atoms with Crippen LogP contribution < -0.4 is 5.32 Å². The van der Waals surface area contributed by atoms with Gasteiger partial charge in [0, 0.05) is 29.5 Å². The van der Waals surface area contributed by atoms with Crippen molar-refractivity contribution < 1.29 is 9.90 Å². The fraction of sp³-hybridized carbons (Fsp3) is 0.562. The number of halogens is 1. The lowest BCUT2D eigenvalue weighted by atomic mass is 9.94. The van der Waals surface area contributed by atoms with Crippen molar-refractivity contribution in [3.63, 3.8) is 0 Å². The molecule has 2 N–H and O–H groups in total. The summed E-state index contributed by atoms with van der Waals surface area (Å²) in [6.45, 7) is 6.47. The van der Waals surface area contributed by atoms with Crippen LogP contribution in [0.5, 0.6) is 5.75 Å². The molecule has 1 aromatic rings. The van der Waals surface area contributed by atoms with Gasteiger partial charge >= 0.3 is 0 Å². The molecule has 0 spiro atoms. The van der Waals surface area contributed by atoms with Gasteiger partial charge in [-0.25, -0.2) is 0 Å². The van der Waals surface area contributed by atoms with Crippen molar-refractivity contribution in [3.8, 4) is 5.75 Å². The number of rotatable bonds is 4. The number of nitrogens with zero attached hydrogens (tertiary/aromatic N) is 1. The maximum Gasteiger partial charge on any atom is 0.216 e. The molecule has 5 heteroatoms. The molecule has 0 aliphatic carbocycles. The highest BCUT2D eigenvalue weighted by molar-refractivity contribution is 9.10. The molecule has 2 rings (SSSR count). The first kappa shape index (κ1) is 16.3. The Morgan fingerprint density at radius 1 is 1.48 bits per heavy atom. The molecule has 1 unspecified atom stereocenters. The van der Waals surface area contributed by atoms with E-state index < -0.39 is 0 Å². The Morgan fingerprint density at radius 3 is 2.76 bits per heavy atom. The van der Waals surface area contributed by atoms with E-state index in [4.69, 9.17) is 0 Å². The molecular formula is C16H23BrN2O2. The minimum absolute atomic E-state index is 0.0462. The van der Waals surface area contributed by atoms with E-state index in [0.29, 0.717) is 11.7 Å². The molecule has 0 saturated carbocycles. The molecule has 0 aromatic heterocycles. The van der Waals surface area contributed by atoms with Crippen LogP contribution in [0.15, 0.2) is 22.7 Å². The molecule has 1 aliphatic heterocycles. The van der Waals surface area contributed by atoms with E-state index in [1.807, 2.05) is 12.1 Å². The Bertz CT molecular complexity index is 499. The van der Waals surface area contributed by atoms with Gasteiger partial charge in [0.2, 0.25) is 5.91 Å². The third-order valence-corrected chi connectivity index (χ3v) is 4.77. The highest BCUT2D eigenvalue weighted by Crippen LogP contribution is 2.33. The minimum Gasteiger partial charge on any atom is -0.508 e. The lowest BCUT2D eigenvalue weighted by Crippen LogP contribution is -2.39. The number of aromatic hydroxyl groups is 1. The van der Waals surface area contributed by atoms with Crippen LogP contribution in [-0.4, -0.2) is 35.5 Å². The second-order valence-electron chi connectivity index (χ2n) is 5.80. The molecule has 1 heterocycles. The molecule has 1 saturated heterocycles. The topological polar surface area (TPSA) is 52.6 Å². The largest absolute Gasteiger partial charge is 0.508 e. The second kappa shape index (κ2) is 7.27. The van der Waals surface area contributed by atoms with Crippen molar-refractivity contribution in [1.82, 2.24) is 10.2 Å². The molecule has 1 aliphatic rings. The van der Waals surface area contributed by atoms with Crippen LogP contribution in [-0.2, 0) is 4.79 Å². The second-order valence-corrected chi connectivity index (χ2v) is 6.71. The highest BCUT2D eigenvalue weighted by Gasteiger charge is 2.25. The average molecular weight is 355 g/mol. The molecule has 1 fully saturated rings. The van der Waals surface area contributed by atoms with Gasteiger partial charge in [-0.1, -0.05) is 15.9 Å². The number of phenols is 1. The predicted octanol–water partition coefficient (Wildman–Crippen LogP) is 3.06. The fourth-order valence-electron chi connectivity index (χ4n) is 2.89. The van der Waals surface area contributed by atoms with Crippen LogP contribution >= 0.6 is 15.9 Å². The van der Waals surface area contributed by atoms with Crippen LogP contribution in [0.4, 0.5) is 0 Å². The van der Waals surface area contributed by atoms with Crippen LogP contribution in [0.25, 0.3) is 0 Å². The van der Waals surface area contributed by atoms with Crippen molar-refractivity contribution in [2.45, 2.75) is 32.7 Å². The summed E-state index contributed by atoms with van der Waals surface area (Å²) in [5, 5.41) is 12.9. The Labute approximate surface area is 134 Å². The standard InChI is InChI=1S/C16H23BrN2O2/c1-11(15-9-14(17)3-4-16(15)21)19-7-5-13(6-8-19)10-18-12(2)20/h3-4,9,11,13,21H,5-8,10H2,1-2H3,(H,18,20). The van der Waals surface area contributed by atoms with Crippen LogP contribution in [0.2, 0.25) is 0 Å². The summed E-state index contributed by atoms with van der Waals surface area (Å²) in [5.74, 6) is 0.962. The van der Waals surface area contributed by atoms with Gasteiger partial charge in [-0.2, -0.15) is 0 Å². The number of phenolic OH excluding ortho intramolecular Hbond substituents is 1. The minimum atomic E-state index is 0.0462. The molecular weight excluding hydrogens is 332 g/mol. The van der Waals surface area contributed by atoms with E-state index in [9.17, 15) is 9.90 Å². The summed E-state index contributed by atoms with van der Waals surface area (Å²) in [5.41, 5.74) is 0.963. The zero-order valence-electron chi connectivity index (χ0n) is 12.6. The van der Waals surface area contributed by atoms with E-state index in [0.717, 1.165) is 42.5 Å². The first-order valence-electron chi connectivity index (χ1n) is 7.44. The Kier molecular flexibility index (Phi) is 5.65. The number of likely N-dealkylation sites (tertiary alicyclic amines) is 1. The van der Waals surface area contributed by atoms with Crippen molar-refractivity contribution in [1.29, 1.82) is 0 Å². The van der Waals surface area contributed by atoms with Crippen molar-refractivity contribution in [2.24, 2.45) is 5.92 Å². The van der Waals surface area contributed by atoms with Crippen LogP contribution in [0.3, 0.4) is 0 Å². The lowest BCUT2D eigenvalue weighted by molar-refractivity contribution is -0.119. The molecule has 21 heavy (non-hydrogen) atoms. The van der Waals surface area contributed by atoms with Crippen molar-refractivity contribution in [2.75, 3.05) is 19.6 Å². The third kappa shape index (κ3) is 4.45. The molecule has 0 bridgehead atoms. The third-order valence-electron chi connectivity index (χ3n) is 4.28. The SMILES string of the molecule is CC(=O)NCC1CCN(C(C)c2cc(Br)ccc2O)CC1. The molecule has 116 valence electrons. The van der Waals surface area contributed by atoms with Gasteiger partial charge in [0.15, 0.2) is 0 Å². The smallest absolute Gasteiger partial charge is 0.216 e. The predicted molar refractivity (Wildman–Crippen MR) is 87.2 cm³/mol. The molecule has 1 amide bonds. The zero-order chi connectivity index (χ0) is 15.4. The highest BCUT2D eigenvalue weighted by atomic mass is 79.9. The summed E-state index contributed by atoms with van der Waals surface area (Å²) < 4.78 is 0.989. The summed E-state index contributed by atoms with van der Waals surface area (Å²) >= 11 is 3.46. The maximum absolute atomic E-state index is 11.0. The quantitative estimate of drug-likeness (QED) is 0.873. The van der Waals surface area contributed by atoms with Crippen molar-refractivity contribution >= 4 is 21.8 Å². The normalized spacial score (nSPS) is 18.4. The number of carbonyl (C=O) groups is 1. The summed E-state index contributed by atoms with van der Waals surface area (Å²) in [4.78, 5) is 13.4. The van der Waals surface area contributed by atoms with Gasteiger partial charge in [0.1, 0.15) is 5.75 Å². The van der Waals surface area contributed by atoms with Gasteiger partial charge in [-0.15, -0.1) is 0 Å². The van der Waals surface area contributed by atoms with E-state index in [-0.39, 0.29) is 11.9 Å². The van der Waals surface area contributed by atoms with Crippen LogP contribution in [0, 0.1) is 5.92 Å². The first-order valence-corrected chi connectivity index (χ1v) is 8.23. The first-order chi connectivity index (χ1) is 9.97. The van der Waals surface area contributed by atoms with Gasteiger partial charge in [-0.05, 0) is 57.0 Å². The summed E-state index contributed by atoms with van der Waals surface area (Å²) in [7, 11) is 0. The van der Waals surface area contributed by atoms with Crippen LogP contribution in [0.1, 0.15) is 38.3 Å². The number of benzene rings is 1. The van der Waals surface area contributed by atoms with E-state index in [2.05, 4.69) is 33.1 Å². The summed E-state index contributed by atoms with van der Waals surface area (Å²) in [6.07, 6.45) is 2.17. The number of piperidine rings is 1. The maximum atomic E-state index is 11.0. The Hall–Kier alpha value is -1.07. The number of hydrogen-bond donors (Lipinski definition) is 2. The van der Waals surface area contributed by atoms with Gasteiger partial charge in [-0.3, -0.25) is 9.69 Å². The average Bonchev–Trinajstić information content (AvgIpc) is 2.47. The Balaban J connectivity index is 1.92. The summed E-state index contributed by atoms with van der Waals surface area (Å²) in [6, 6.07) is 5.78. The fourth-order valence-corrected chi connectivity index (χ4v) is 3.27. The molecule has 0 radical (unpaired) electrons. The number of amides is 1. The zero-order valence-corrected chi connectivity index (χ0v) is 14.2. The van der Waals surface area contributed by atoms with Crippen molar-refractivity contribution in [3.05, 3.63) is 28.2 Å². The molecule has 1 atom stereocenters. The number of carbonyl (C=O) groups excluding carboxylic acids is 1.